The van der Waals surface area contributed by atoms with Crippen LogP contribution in [0.3, 0.4) is 0 Å². The van der Waals surface area contributed by atoms with Gasteiger partial charge in [0.15, 0.2) is 6.61 Å². The number of carbonyl (C=O) groups is 4. The van der Waals surface area contributed by atoms with Crippen LogP contribution in [0.2, 0.25) is 0 Å². The minimum absolute atomic E-state index is 0.0622. The Labute approximate surface area is 168 Å². The molecule has 3 amide bonds. The van der Waals surface area contributed by atoms with Gasteiger partial charge in [0.05, 0.1) is 21.9 Å². The Morgan fingerprint density at radius 2 is 1.73 bits per heavy atom. The van der Waals surface area contributed by atoms with Crippen molar-refractivity contribution in [1.82, 2.24) is 0 Å². The fraction of sp³-hybridized carbons (Fsp3) is 0.158. The molecule has 1 N–H and O–H groups in total. The summed E-state index contributed by atoms with van der Waals surface area (Å²) in [5.41, 5.74) is -0.460. The maximum atomic E-state index is 13.7. The number of carbonyl (C=O) groups excluding carboxylic acids is 4. The Bertz CT molecular complexity index is 1040. The molecule has 30 heavy (non-hydrogen) atoms. The van der Waals surface area contributed by atoms with Crippen molar-refractivity contribution in [2.75, 3.05) is 16.8 Å². The lowest BCUT2D eigenvalue weighted by Gasteiger charge is -2.14. The van der Waals surface area contributed by atoms with E-state index in [9.17, 15) is 33.7 Å². The second-order valence-corrected chi connectivity index (χ2v) is 6.22. The quantitative estimate of drug-likeness (QED) is 0.330. The van der Waals surface area contributed by atoms with Crippen LogP contribution in [0.15, 0.2) is 42.5 Å². The summed E-state index contributed by atoms with van der Waals surface area (Å²) in [4.78, 5) is 58.4. The van der Waals surface area contributed by atoms with Crippen molar-refractivity contribution in [2.24, 2.45) is 0 Å². The van der Waals surface area contributed by atoms with E-state index in [1.807, 2.05) is 0 Å². The molecule has 0 saturated carbocycles. The van der Waals surface area contributed by atoms with Gasteiger partial charge in [-0.25, -0.2) is 9.18 Å². The number of nitro benzene ring substituents is 1. The van der Waals surface area contributed by atoms with Crippen LogP contribution in [0.1, 0.15) is 23.2 Å². The lowest BCUT2D eigenvalue weighted by Crippen LogP contribution is -2.28. The molecule has 1 saturated heterocycles. The molecular formula is C19H14FN3O7. The van der Waals surface area contributed by atoms with Crippen molar-refractivity contribution in [3.63, 3.8) is 0 Å². The van der Waals surface area contributed by atoms with Crippen LogP contribution in [0.5, 0.6) is 0 Å². The zero-order valence-electron chi connectivity index (χ0n) is 15.3. The third-order valence-electron chi connectivity index (χ3n) is 4.18. The van der Waals surface area contributed by atoms with Gasteiger partial charge in [-0.3, -0.25) is 29.4 Å². The zero-order valence-corrected chi connectivity index (χ0v) is 15.3. The fourth-order valence-electron chi connectivity index (χ4n) is 2.73. The van der Waals surface area contributed by atoms with Gasteiger partial charge in [0.2, 0.25) is 11.8 Å². The molecule has 0 aliphatic carbocycles. The van der Waals surface area contributed by atoms with Crippen molar-refractivity contribution >= 4 is 40.8 Å². The number of imide groups is 1. The predicted molar refractivity (Wildman–Crippen MR) is 100 cm³/mol. The number of anilines is 2. The zero-order chi connectivity index (χ0) is 21.8. The summed E-state index contributed by atoms with van der Waals surface area (Å²) < 4.78 is 18.5. The SMILES string of the molecule is O=C(COC(=O)c1ccc(N2C(=O)CCC2=O)cc1)Nc1cc([N+](=O)[O-])ccc1F. The minimum atomic E-state index is -0.896. The highest BCUT2D eigenvalue weighted by atomic mass is 19.1. The Balaban J connectivity index is 1.58. The molecule has 0 bridgehead atoms. The highest BCUT2D eigenvalue weighted by molar-refractivity contribution is 6.19. The predicted octanol–water partition coefficient (Wildman–Crippen LogP) is 2.18. The number of esters is 1. The number of benzene rings is 2. The largest absolute Gasteiger partial charge is 0.452 e. The molecule has 11 heteroatoms. The average molecular weight is 415 g/mol. The topological polar surface area (TPSA) is 136 Å². The van der Waals surface area contributed by atoms with E-state index in [0.717, 1.165) is 23.1 Å². The molecule has 2 aromatic rings. The van der Waals surface area contributed by atoms with Crippen molar-refractivity contribution in [3.8, 4) is 0 Å². The van der Waals surface area contributed by atoms with Crippen LogP contribution in [0.4, 0.5) is 21.5 Å². The lowest BCUT2D eigenvalue weighted by molar-refractivity contribution is -0.384. The van der Waals surface area contributed by atoms with Gasteiger partial charge in [0.1, 0.15) is 5.82 Å². The Kier molecular flexibility index (Phi) is 5.81. The Morgan fingerprint density at radius 3 is 2.33 bits per heavy atom. The number of rotatable bonds is 6. The second kappa shape index (κ2) is 8.47. The third-order valence-corrected chi connectivity index (χ3v) is 4.18. The molecule has 3 rings (SSSR count). The van der Waals surface area contributed by atoms with Gasteiger partial charge >= 0.3 is 5.97 Å². The summed E-state index contributed by atoms with van der Waals surface area (Å²) >= 11 is 0. The number of amides is 3. The number of nitrogens with zero attached hydrogens (tertiary/aromatic N) is 2. The van der Waals surface area contributed by atoms with Gasteiger partial charge < -0.3 is 10.1 Å². The molecule has 2 aromatic carbocycles. The molecule has 0 aromatic heterocycles. The lowest BCUT2D eigenvalue weighted by atomic mass is 10.2. The fourth-order valence-corrected chi connectivity index (χ4v) is 2.73. The monoisotopic (exact) mass is 415 g/mol. The van der Waals surface area contributed by atoms with Crippen molar-refractivity contribution in [2.45, 2.75) is 12.8 Å². The van der Waals surface area contributed by atoms with Gasteiger partial charge in [-0.05, 0) is 30.3 Å². The molecular weight excluding hydrogens is 401 g/mol. The van der Waals surface area contributed by atoms with E-state index >= 15 is 0 Å². The van der Waals surface area contributed by atoms with Gasteiger partial charge in [-0.15, -0.1) is 0 Å². The van der Waals surface area contributed by atoms with E-state index in [1.54, 1.807) is 0 Å². The summed E-state index contributed by atoms with van der Waals surface area (Å²) in [6.07, 6.45) is 0.256. The van der Waals surface area contributed by atoms with E-state index in [1.165, 1.54) is 24.3 Å². The van der Waals surface area contributed by atoms with E-state index in [4.69, 9.17) is 4.74 Å². The molecule has 0 unspecified atom stereocenters. The molecule has 1 heterocycles. The molecule has 10 nitrogen and oxygen atoms in total. The summed E-state index contributed by atoms with van der Waals surface area (Å²) in [5, 5.41) is 12.8. The Hall–Kier alpha value is -4.15. The highest BCUT2D eigenvalue weighted by Crippen LogP contribution is 2.23. The molecule has 0 atom stereocenters. The molecule has 1 aliphatic heterocycles. The van der Waals surface area contributed by atoms with Crippen molar-refractivity contribution in [1.29, 1.82) is 0 Å². The summed E-state index contributed by atoms with van der Waals surface area (Å²) in [6, 6.07) is 8.07. The first kappa shape index (κ1) is 20.6. The standard InChI is InChI=1S/C19H14FN3O7/c20-14-6-5-13(23(28)29)9-15(14)21-16(24)10-30-19(27)11-1-3-12(4-2-11)22-17(25)7-8-18(22)26/h1-6,9H,7-8,10H2,(H,21,24). The van der Waals surface area contributed by atoms with E-state index in [-0.39, 0.29) is 30.2 Å². The smallest absolute Gasteiger partial charge is 0.338 e. The van der Waals surface area contributed by atoms with Crippen LogP contribution in [0.25, 0.3) is 0 Å². The van der Waals surface area contributed by atoms with Crippen LogP contribution in [0, 0.1) is 15.9 Å². The molecule has 1 fully saturated rings. The van der Waals surface area contributed by atoms with E-state index in [0.29, 0.717) is 5.69 Å². The van der Waals surface area contributed by atoms with Crippen LogP contribution in [-0.4, -0.2) is 35.2 Å². The summed E-state index contributed by atoms with van der Waals surface area (Å²) in [7, 11) is 0. The number of hydrogen-bond donors (Lipinski definition) is 1. The molecule has 0 spiro atoms. The third kappa shape index (κ3) is 4.46. The van der Waals surface area contributed by atoms with Crippen molar-refractivity contribution < 1.29 is 33.2 Å². The normalized spacial score (nSPS) is 13.3. The van der Waals surface area contributed by atoms with Crippen LogP contribution < -0.4 is 10.2 Å². The van der Waals surface area contributed by atoms with Crippen LogP contribution in [-0.2, 0) is 19.1 Å². The van der Waals surface area contributed by atoms with Crippen molar-refractivity contribution in [3.05, 3.63) is 64.0 Å². The number of nitrogens with one attached hydrogen (secondary N) is 1. The van der Waals surface area contributed by atoms with E-state index in [2.05, 4.69) is 5.32 Å². The summed E-state index contributed by atoms with van der Waals surface area (Å²) in [5.74, 6) is -3.31. The molecule has 0 radical (unpaired) electrons. The average Bonchev–Trinajstić information content (AvgIpc) is 3.06. The van der Waals surface area contributed by atoms with Gasteiger partial charge in [-0.1, -0.05) is 0 Å². The van der Waals surface area contributed by atoms with Gasteiger partial charge in [0.25, 0.3) is 11.6 Å². The number of ether oxygens (including phenoxy) is 1. The molecule has 1 aliphatic rings. The minimum Gasteiger partial charge on any atom is -0.452 e. The first-order chi connectivity index (χ1) is 14.3. The second-order valence-electron chi connectivity index (χ2n) is 6.22. The first-order valence-electron chi connectivity index (χ1n) is 8.63. The summed E-state index contributed by atoms with van der Waals surface area (Å²) in [6.45, 7) is -0.758. The van der Waals surface area contributed by atoms with Gasteiger partial charge in [0, 0.05) is 25.0 Å². The number of hydrogen-bond acceptors (Lipinski definition) is 7. The first-order valence-corrected chi connectivity index (χ1v) is 8.63. The maximum Gasteiger partial charge on any atom is 0.338 e. The Morgan fingerprint density at radius 1 is 1.10 bits per heavy atom. The number of nitro groups is 1. The van der Waals surface area contributed by atoms with Crippen LogP contribution >= 0.6 is 0 Å². The number of halogens is 1. The van der Waals surface area contributed by atoms with Gasteiger partial charge in [-0.2, -0.15) is 0 Å². The molecule has 154 valence electrons. The highest BCUT2D eigenvalue weighted by Gasteiger charge is 2.30. The maximum absolute atomic E-state index is 13.7. The number of non-ortho nitro benzene ring substituents is 1. The van der Waals surface area contributed by atoms with E-state index < -0.39 is 40.6 Å².